The molecule has 1 aliphatic carbocycles. The first-order valence-electron chi connectivity index (χ1n) is 27.8. The molecular weight excluding hydrogens is 908 g/mol. The summed E-state index contributed by atoms with van der Waals surface area (Å²) < 4.78 is 34.4. The normalized spacial score (nSPS) is 21.4. The number of aliphatic hydroxyl groups excluding tert-OH is 5. The molecule has 6 atom stereocenters. The molecule has 0 aromatic rings. The summed E-state index contributed by atoms with van der Waals surface area (Å²) in [5.41, 5.74) is 0. The lowest BCUT2D eigenvalue weighted by Crippen LogP contribution is -2.64. The second-order valence-electron chi connectivity index (χ2n) is 19.0. The summed E-state index contributed by atoms with van der Waals surface area (Å²) in [5, 5.41) is 50.4. The van der Waals surface area contributed by atoms with Crippen molar-refractivity contribution in [2.75, 3.05) is 19.8 Å². The van der Waals surface area contributed by atoms with Crippen LogP contribution in [0.5, 0.6) is 0 Å². The van der Waals surface area contributed by atoms with Crippen LogP contribution in [0.25, 0.3) is 0 Å². The second-order valence-corrected chi connectivity index (χ2v) is 20.5. The molecule has 6 unspecified atom stereocenters. The van der Waals surface area contributed by atoms with Crippen molar-refractivity contribution in [3.05, 3.63) is 72.9 Å². The molecule has 1 saturated carbocycles. The monoisotopic (exact) mass is 1010 g/mol. The number of allylic oxidation sites excluding steroid dienone is 12. The maximum absolute atomic E-state index is 12.9. The number of phosphoric acid groups is 1. The Morgan fingerprint density at radius 2 is 0.843 bits per heavy atom. The van der Waals surface area contributed by atoms with Gasteiger partial charge < -0.3 is 39.9 Å². The molecule has 6 N–H and O–H groups in total. The average Bonchev–Trinajstić information content (AvgIpc) is 3.35. The lowest BCUT2D eigenvalue weighted by molar-refractivity contribution is -0.220. The summed E-state index contributed by atoms with van der Waals surface area (Å²) in [5.74, 6) is -0.487. The molecule has 1 rings (SSSR count). The number of carbonyl (C=O) groups excluding carboxylic acids is 1. The number of carbonyl (C=O) groups is 1. The molecule has 1 aliphatic rings. The van der Waals surface area contributed by atoms with Crippen molar-refractivity contribution in [1.82, 2.24) is 0 Å². The number of phosphoric ester groups is 1. The van der Waals surface area contributed by atoms with E-state index in [1.807, 2.05) is 0 Å². The van der Waals surface area contributed by atoms with E-state index in [-0.39, 0.29) is 13.0 Å². The van der Waals surface area contributed by atoms with E-state index < -0.39 is 63.1 Å². The Morgan fingerprint density at radius 1 is 0.471 bits per heavy atom. The van der Waals surface area contributed by atoms with E-state index in [4.69, 9.17) is 18.5 Å². The number of ether oxygens (including phenoxy) is 2. The van der Waals surface area contributed by atoms with Gasteiger partial charge >= 0.3 is 13.8 Å². The zero-order valence-electron chi connectivity index (χ0n) is 43.8. The van der Waals surface area contributed by atoms with Crippen LogP contribution in [-0.2, 0) is 27.9 Å². The SMILES string of the molecule is CC/C=C\C/C=C\C/C=C\C/C=C\CCCCCCCCCCC(=O)OC(COCCCCCCCCCCCC/C=C\C/C=C\CCCCCCC)COP(=O)(O)OC1C(O)C(O)C(O)C(O)C1O. The quantitative estimate of drug-likeness (QED) is 0.0147. The number of rotatable bonds is 47. The third-order valence-electron chi connectivity index (χ3n) is 12.6. The van der Waals surface area contributed by atoms with Crippen molar-refractivity contribution in [2.45, 2.75) is 262 Å². The Bertz CT molecular complexity index is 1430. The van der Waals surface area contributed by atoms with Crippen LogP contribution in [0, 0.1) is 0 Å². The molecule has 1 fully saturated rings. The first-order chi connectivity index (χ1) is 34.0. The van der Waals surface area contributed by atoms with Crippen molar-refractivity contribution in [3.63, 3.8) is 0 Å². The summed E-state index contributed by atoms with van der Waals surface area (Å²) in [7, 11) is -5.03. The summed E-state index contributed by atoms with van der Waals surface area (Å²) in [6, 6.07) is 0. The van der Waals surface area contributed by atoms with Crippen molar-refractivity contribution >= 4 is 13.8 Å². The summed E-state index contributed by atoms with van der Waals surface area (Å²) in [6.45, 7) is 4.14. The molecule has 0 radical (unpaired) electrons. The molecule has 406 valence electrons. The van der Waals surface area contributed by atoms with Crippen LogP contribution < -0.4 is 0 Å². The van der Waals surface area contributed by atoms with E-state index in [9.17, 15) is 39.8 Å². The molecular formula is C57H101O12P. The molecule has 0 bridgehead atoms. The Kier molecular flexibility index (Phi) is 43.8. The molecule has 0 spiro atoms. The van der Waals surface area contributed by atoms with Crippen LogP contribution in [0.2, 0.25) is 0 Å². The highest BCUT2D eigenvalue weighted by Gasteiger charge is 2.51. The first-order valence-corrected chi connectivity index (χ1v) is 29.3. The standard InChI is InChI=1S/C57H101O12P/c1-3-5-7-9-11-13-15-17-19-21-23-25-27-29-31-33-35-37-39-41-43-45-47-66-48-50(49-67-70(64,65)69-57-55(62)53(60)52(59)54(61)56(57)63)68-51(58)46-44-42-40-38-36-34-32-30-28-26-24-22-20-18-16-14-12-10-8-6-4-2/h6,8,12,14-15,17-18,20-21,23-24,26,50,52-57,59-63H,3-5,7,9-11,13,16,19,22,25,27-49H2,1-2H3,(H,64,65)/b8-6-,14-12-,17-15-,20-18-,23-21-,26-24-. The Hall–Kier alpha value is -2.22. The zero-order valence-corrected chi connectivity index (χ0v) is 44.7. The minimum Gasteiger partial charge on any atom is -0.457 e. The molecule has 0 aromatic heterocycles. The van der Waals surface area contributed by atoms with Crippen LogP contribution in [-0.4, -0.2) is 98.9 Å². The van der Waals surface area contributed by atoms with E-state index in [1.165, 1.54) is 103 Å². The van der Waals surface area contributed by atoms with Gasteiger partial charge in [-0.15, -0.1) is 0 Å². The second kappa shape index (κ2) is 46.6. The van der Waals surface area contributed by atoms with Crippen LogP contribution in [0.15, 0.2) is 72.9 Å². The average molecular weight is 1010 g/mol. The lowest BCUT2D eigenvalue weighted by atomic mass is 9.85. The smallest absolute Gasteiger partial charge is 0.457 e. The topological polar surface area (TPSA) is 192 Å². The third-order valence-corrected chi connectivity index (χ3v) is 13.5. The van der Waals surface area contributed by atoms with Gasteiger partial charge in [-0.25, -0.2) is 4.57 Å². The van der Waals surface area contributed by atoms with Gasteiger partial charge in [0.05, 0.1) is 13.2 Å². The minimum atomic E-state index is -5.03. The zero-order chi connectivity index (χ0) is 51.2. The van der Waals surface area contributed by atoms with Gasteiger partial charge in [-0.05, 0) is 83.5 Å². The van der Waals surface area contributed by atoms with Crippen molar-refractivity contribution < 1.29 is 58.3 Å². The van der Waals surface area contributed by atoms with Gasteiger partial charge in [0.25, 0.3) is 0 Å². The van der Waals surface area contributed by atoms with Gasteiger partial charge in [0.15, 0.2) is 0 Å². The van der Waals surface area contributed by atoms with E-state index >= 15 is 0 Å². The fourth-order valence-electron chi connectivity index (χ4n) is 8.20. The summed E-state index contributed by atoms with van der Waals surface area (Å²) >= 11 is 0. The molecule has 0 aromatic carbocycles. The molecule has 0 aliphatic heterocycles. The van der Waals surface area contributed by atoms with Crippen molar-refractivity contribution in [3.8, 4) is 0 Å². The van der Waals surface area contributed by atoms with Gasteiger partial charge in [-0.1, -0.05) is 202 Å². The molecule has 13 heteroatoms. The fourth-order valence-corrected chi connectivity index (χ4v) is 9.17. The Morgan fingerprint density at radius 3 is 1.29 bits per heavy atom. The van der Waals surface area contributed by atoms with Crippen LogP contribution >= 0.6 is 7.82 Å². The van der Waals surface area contributed by atoms with Gasteiger partial charge in [0, 0.05) is 13.0 Å². The third kappa shape index (κ3) is 37.5. The highest BCUT2D eigenvalue weighted by molar-refractivity contribution is 7.47. The maximum atomic E-state index is 12.9. The van der Waals surface area contributed by atoms with E-state index in [0.29, 0.717) is 13.0 Å². The predicted octanol–water partition coefficient (Wildman–Crippen LogP) is 13.1. The van der Waals surface area contributed by atoms with Crippen LogP contribution in [0.4, 0.5) is 0 Å². The van der Waals surface area contributed by atoms with E-state index in [1.54, 1.807) is 0 Å². The molecule has 0 saturated heterocycles. The maximum Gasteiger partial charge on any atom is 0.472 e. The van der Waals surface area contributed by atoms with Gasteiger partial charge in [-0.3, -0.25) is 13.8 Å². The largest absolute Gasteiger partial charge is 0.472 e. The number of hydrogen-bond donors (Lipinski definition) is 6. The number of hydrogen-bond acceptors (Lipinski definition) is 11. The molecule has 0 heterocycles. The van der Waals surface area contributed by atoms with Gasteiger partial charge in [-0.2, -0.15) is 0 Å². The minimum absolute atomic E-state index is 0.0849. The van der Waals surface area contributed by atoms with Crippen molar-refractivity contribution in [1.29, 1.82) is 0 Å². The first kappa shape index (κ1) is 65.8. The predicted molar refractivity (Wildman–Crippen MR) is 285 cm³/mol. The summed E-state index contributed by atoms with van der Waals surface area (Å²) in [6.07, 6.45) is 49.6. The van der Waals surface area contributed by atoms with E-state index in [2.05, 4.69) is 86.8 Å². The highest BCUT2D eigenvalue weighted by atomic mass is 31.2. The van der Waals surface area contributed by atoms with Gasteiger partial charge in [0.1, 0.15) is 42.7 Å². The number of unbranched alkanes of at least 4 members (excludes halogenated alkanes) is 23. The van der Waals surface area contributed by atoms with E-state index in [0.717, 1.165) is 89.9 Å². The lowest BCUT2D eigenvalue weighted by Gasteiger charge is -2.41. The highest BCUT2D eigenvalue weighted by Crippen LogP contribution is 2.47. The van der Waals surface area contributed by atoms with Gasteiger partial charge in [0.2, 0.25) is 0 Å². The molecule has 12 nitrogen and oxygen atoms in total. The molecule has 0 amide bonds. The van der Waals surface area contributed by atoms with Crippen LogP contribution in [0.3, 0.4) is 0 Å². The Labute approximate surface area is 425 Å². The number of aliphatic hydroxyl groups is 5. The fraction of sp³-hybridized carbons (Fsp3) is 0.772. The molecule has 70 heavy (non-hydrogen) atoms. The Balaban J connectivity index is 2.32. The number of esters is 1. The van der Waals surface area contributed by atoms with Crippen LogP contribution in [0.1, 0.15) is 219 Å². The van der Waals surface area contributed by atoms with Crippen molar-refractivity contribution in [2.24, 2.45) is 0 Å². The summed E-state index contributed by atoms with van der Waals surface area (Å²) in [4.78, 5) is 23.3.